The first kappa shape index (κ1) is 27.5. The standard InChI is InChI=1S/C30H28N2O6S2/c1-4-9-21-25(29(35)37-6-3)26(23-12-8-15-39-23)32-27(33)24(40-30(32)31-21)17-20-13-14-22(38-20)18-10-7-11-19(16-18)28(34)36-5-2/h7-8,10-17,26H,4-6,9H2,1-3H3/b24-17-. The van der Waals surface area contributed by atoms with Crippen LogP contribution in [0.4, 0.5) is 0 Å². The van der Waals surface area contributed by atoms with Crippen LogP contribution in [0, 0.1) is 0 Å². The minimum Gasteiger partial charge on any atom is -0.463 e. The molecule has 4 aromatic rings. The number of rotatable bonds is 9. The molecule has 8 nitrogen and oxygen atoms in total. The molecule has 5 rings (SSSR count). The van der Waals surface area contributed by atoms with E-state index in [1.54, 1.807) is 54.8 Å². The summed E-state index contributed by atoms with van der Waals surface area (Å²) in [7, 11) is 0. The van der Waals surface area contributed by atoms with E-state index in [-0.39, 0.29) is 12.2 Å². The van der Waals surface area contributed by atoms with Crippen LogP contribution in [0.2, 0.25) is 0 Å². The number of esters is 2. The SMILES string of the molecule is CCCC1=C(C(=O)OCC)C(c2cccs2)n2c(s/c(=C\c3ccc(-c4cccc(C(=O)OCC)c4)o3)c2=O)=N1. The molecule has 0 spiro atoms. The van der Waals surface area contributed by atoms with Crippen molar-refractivity contribution in [3.8, 4) is 11.3 Å². The first-order chi connectivity index (χ1) is 19.4. The zero-order valence-corrected chi connectivity index (χ0v) is 24.0. The summed E-state index contributed by atoms with van der Waals surface area (Å²) >= 11 is 2.74. The lowest BCUT2D eigenvalue weighted by molar-refractivity contribution is -0.139. The van der Waals surface area contributed by atoms with Gasteiger partial charge in [0.05, 0.1) is 34.6 Å². The summed E-state index contributed by atoms with van der Waals surface area (Å²) in [5.41, 5.74) is 1.94. The minimum atomic E-state index is -0.614. The lowest BCUT2D eigenvalue weighted by Crippen LogP contribution is -2.39. The van der Waals surface area contributed by atoms with Crippen LogP contribution in [0.5, 0.6) is 0 Å². The van der Waals surface area contributed by atoms with Gasteiger partial charge in [-0.3, -0.25) is 9.36 Å². The number of hydrogen-bond acceptors (Lipinski definition) is 9. The van der Waals surface area contributed by atoms with Gasteiger partial charge in [0.15, 0.2) is 4.80 Å². The maximum Gasteiger partial charge on any atom is 0.338 e. The predicted molar refractivity (Wildman–Crippen MR) is 154 cm³/mol. The Bertz CT molecular complexity index is 1760. The van der Waals surface area contributed by atoms with Crippen LogP contribution in [-0.2, 0) is 14.3 Å². The van der Waals surface area contributed by atoms with E-state index in [1.165, 1.54) is 22.7 Å². The Hall–Kier alpha value is -4.02. The number of benzene rings is 1. The Kier molecular flexibility index (Phi) is 8.27. The van der Waals surface area contributed by atoms with Gasteiger partial charge in [-0.2, -0.15) is 0 Å². The first-order valence-electron chi connectivity index (χ1n) is 13.1. The van der Waals surface area contributed by atoms with Crippen LogP contribution < -0.4 is 14.9 Å². The van der Waals surface area contributed by atoms with Gasteiger partial charge >= 0.3 is 11.9 Å². The molecule has 0 fully saturated rings. The van der Waals surface area contributed by atoms with E-state index in [4.69, 9.17) is 18.9 Å². The number of thiazole rings is 1. The molecule has 40 heavy (non-hydrogen) atoms. The smallest absolute Gasteiger partial charge is 0.338 e. The molecule has 0 aliphatic carbocycles. The van der Waals surface area contributed by atoms with Crippen LogP contribution in [0.1, 0.15) is 60.7 Å². The van der Waals surface area contributed by atoms with Crippen LogP contribution in [-0.4, -0.2) is 29.7 Å². The molecule has 0 bridgehead atoms. The lowest BCUT2D eigenvalue weighted by atomic mass is 9.99. The highest BCUT2D eigenvalue weighted by Crippen LogP contribution is 2.34. The third kappa shape index (κ3) is 5.37. The van der Waals surface area contributed by atoms with Gasteiger partial charge in [0.2, 0.25) is 0 Å². The quantitative estimate of drug-likeness (QED) is 0.258. The van der Waals surface area contributed by atoms with Crippen molar-refractivity contribution in [3.05, 3.63) is 101 Å². The number of ether oxygens (including phenoxy) is 2. The fraction of sp³-hybridized carbons (Fsp3) is 0.267. The highest BCUT2D eigenvalue weighted by molar-refractivity contribution is 7.10. The second kappa shape index (κ2) is 12.0. The van der Waals surface area contributed by atoms with Crippen LogP contribution in [0.25, 0.3) is 17.4 Å². The van der Waals surface area contributed by atoms with Crippen molar-refractivity contribution in [1.82, 2.24) is 4.57 Å². The number of allylic oxidation sites excluding steroid dienone is 1. The van der Waals surface area contributed by atoms with Crippen molar-refractivity contribution in [2.24, 2.45) is 4.99 Å². The number of carbonyl (C=O) groups is 2. The molecule has 10 heteroatoms. The molecule has 4 heterocycles. The van der Waals surface area contributed by atoms with Gasteiger partial charge in [0, 0.05) is 16.5 Å². The molecule has 0 amide bonds. The van der Waals surface area contributed by atoms with Gasteiger partial charge in [-0.15, -0.1) is 11.3 Å². The van der Waals surface area contributed by atoms with Gasteiger partial charge in [0.1, 0.15) is 17.6 Å². The Labute approximate surface area is 238 Å². The van der Waals surface area contributed by atoms with Crippen LogP contribution in [0.3, 0.4) is 0 Å². The van der Waals surface area contributed by atoms with Crippen molar-refractivity contribution in [2.75, 3.05) is 13.2 Å². The normalized spacial score (nSPS) is 15.1. The lowest BCUT2D eigenvalue weighted by Gasteiger charge is -2.24. The zero-order chi connectivity index (χ0) is 28.2. The second-order valence-electron chi connectivity index (χ2n) is 8.93. The van der Waals surface area contributed by atoms with Crippen LogP contribution >= 0.6 is 22.7 Å². The van der Waals surface area contributed by atoms with Crippen molar-refractivity contribution in [3.63, 3.8) is 0 Å². The largest absolute Gasteiger partial charge is 0.463 e. The predicted octanol–water partition coefficient (Wildman–Crippen LogP) is 5.08. The number of aromatic nitrogens is 1. The summed E-state index contributed by atoms with van der Waals surface area (Å²) in [6.07, 6.45) is 3.06. The average molecular weight is 577 g/mol. The van der Waals surface area contributed by atoms with Crippen molar-refractivity contribution in [1.29, 1.82) is 0 Å². The summed E-state index contributed by atoms with van der Waals surface area (Å²) in [6.45, 7) is 6.07. The van der Waals surface area contributed by atoms with E-state index >= 15 is 0 Å². The van der Waals surface area contributed by atoms with Gasteiger partial charge in [-0.1, -0.05) is 42.9 Å². The maximum absolute atomic E-state index is 13.8. The van der Waals surface area contributed by atoms with Crippen molar-refractivity contribution in [2.45, 2.75) is 39.7 Å². The van der Waals surface area contributed by atoms with E-state index in [0.29, 0.717) is 56.3 Å². The molecular weight excluding hydrogens is 548 g/mol. The van der Waals surface area contributed by atoms with E-state index in [9.17, 15) is 14.4 Å². The molecule has 0 N–H and O–H groups in total. The third-order valence-corrected chi connectivity index (χ3v) is 8.17. The fourth-order valence-corrected chi connectivity index (χ4v) is 6.39. The molecule has 1 unspecified atom stereocenters. The first-order valence-corrected chi connectivity index (χ1v) is 14.8. The number of carbonyl (C=O) groups excluding carboxylic acids is 2. The summed E-state index contributed by atoms with van der Waals surface area (Å²) < 4.78 is 18.6. The topological polar surface area (TPSA) is 100 Å². The van der Waals surface area contributed by atoms with Crippen molar-refractivity contribution < 1.29 is 23.5 Å². The number of furan rings is 1. The molecule has 1 aromatic carbocycles. The van der Waals surface area contributed by atoms with E-state index < -0.39 is 18.0 Å². The number of hydrogen-bond donors (Lipinski definition) is 0. The monoisotopic (exact) mass is 576 g/mol. The Morgan fingerprint density at radius 2 is 1.85 bits per heavy atom. The van der Waals surface area contributed by atoms with E-state index in [1.807, 2.05) is 30.5 Å². The maximum atomic E-state index is 13.8. The molecule has 3 aromatic heterocycles. The molecular formula is C30H28N2O6S2. The van der Waals surface area contributed by atoms with Gasteiger partial charge in [0.25, 0.3) is 5.56 Å². The second-order valence-corrected chi connectivity index (χ2v) is 10.9. The Morgan fingerprint density at radius 3 is 2.58 bits per heavy atom. The van der Waals surface area contributed by atoms with Gasteiger partial charge < -0.3 is 13.9 Å². The molecule has 0 radical (unpaired) electrons. The highest BCUT2D eigenvalue weighted by atomic mass is 32.1. The van der Waals surface area contributed by atoms with Crippen LogP contribution in [0.15, 0.2) is 79.4 Å². The molecule has 0 saturated carbocycles. The fourth-order valence-electron chi connectivity index (χ4n) is 4.57. The Morgan fingerprint density at radius 1 is 1.05 bits per heavy atom. The third-order valence-electron chi connectivity index (χ3n) is 6.26. The summed E-state index contributed by atoms with van der Waals surface area (Å²) in [6, 6.07) is 13.8. The summed E-state index contributed by atoms with van der Waals surface area (Å²) in [5.74, 6) is 0.176. The molecule has 1 atom stereocenters. The minimum absolute atomic E-state index is 0.229. The molecule has 1 aliphatic rings. The highest BCUT2D eigenvalue weighted by Gasteiger charge is 2.34. The summed E-state index contributed by atoms with van der Waals surface area (Å²) in [4.78, 5) is 45.2. The van der Waals surface area contributed by atoms with Crippen molar-refractivity contribution >= 4 is 40.7 Å². The van der Waals surface area contributed by atoms with E-state index in [0.717, 1.165) is 11.3 Å². The number of thiophene rings is 1. The van der Waals surface area contributed by atoms with Gasteiger partial charge in [-0.05, 0) is 56.0 Å². The molecule has 206 valence electrons. The van der Waals surface area contributed by atoms with E-state index in [2.05, 4.69) is 0 Å². The zero-order valence-electron chi connectivity index (χ0n) is 22.3. The van der Waals surface area contributed by atoms with Gasteiger partial charge in [-0.25, -0.2) is 14.6 Å². The number of fused-ring (bicyclic) bond motifs is 1. The number of nitrogens with zero attached hydrogens (tertiary/aromatic N) is 2. The average Bonchev–Trinajstić information content (AvgIpc) is 3.71. The molecule has 0 saturated heterocycles. The Balaban J connectivity index is 1.58. The summed E-state index contributed by atoms with van der Waals surface area (Å²) in [5, 5.41) is 1.93. The molecule has 1 aliphatic heterocycles.